The molecule has 0 aliphatic heterocycles. The topological polar surface area (TPSA) is 46.4 Å². The quantitative estimate of drug-likeness (QED) is 0.558. The molecule has 1 N–H and O–H groups in total. The van der Waals surface area contributed by atoms with Crippen LogP contribution < -0.4 is 5.32 Å². The third kappa shape index (κ3) is 2.06. The fraction of sp³-hybridized carbons (Fsp3) is 0.111. The van der Waals surface area contributed by atoms with Crippen LogP contribution in [0.25, 0.3) is 27.3 Å². The van der Waals surface area contributed by atoms with Crippen LogP contribution in [0.15, 0.2) is 42.5 Å². The first kappa shape index (κ1) is 14.0. The lowest BCUT2D eigenvalue weighted by Crippen LogP contribution is -2.06. The maximum absolute atomic E-state index is 11.7. The smallest absolute Gasteiger partial charge is 0.221 e. The minimum atomic E-state index is -0.104. The Morgan fingerprint density at radius 3 is 2.74 bits per heavy atom. The average Bonchev–Trinajstić information content (AvgIpc) is 2.83. The first-order valence-corrected chi connectivity index (χ1v) is 7.70. The molecule has 0 unspecified atom stereocenters. The van der Waals surface area contributed by atoms with Crippen molar-refractivity contribution in [1.29, 1.82) is 0 Å². The van der Waals surface area contributed by atoms with E-state index in [1.54, 1.807) is 0 Å². The van der Waals surface area contributed by atoms with Crippen molar-refractivity contribution < 1.29 is 4.79 Å². The molecule has 0 saturated carbocycles. The molecule has 23 heavy (non-hydrogen) atoms. The number of anilines is 1. The van der Waals surface area contributed by atoms with Crippen LogP contribution >= 0.6 is 11.6 Å². The van der Waals surface area contributed by atoms with Gasteiger partial charge in [-0.2, -0.15) is 0 Å². The highest BCUT2D eigenvalue weighted by molar-refractivity contribution is 6.31. The highest BCUT2D eigenvalue weighted by atomic mass is 35.5. The molecule has 0 aliphatic rings. The molecule has 4 rings (SSSR count). The zero-order valence-electron chi connectivity index (χ0n) is 12.7. The molecule has 0 saturated heterocycles. The standard InChI is InChI=1S/C18H14ClN3O/c1-10-20-15-8-7-12(19)9-14(15)18-17(21-11(2)23)13-5-3-4-6-16(13)22(10)18/h3-9H,1-2H3,(H,21,23). The number of nitrogens with zero attached hydrogens (tertiary/aromatic N) is 2. The van der Waals surface area contributed by atoms with Crippen molar-refractivity contribution in [1.82, 2.24) is 9.38 Å². The summed E-state index contributed by atoms with van der Waals surface area (Å²) >= 11 is 6.19. The van der Waals surface area contributed by atoms with Gasteiger partial charge in [-0.3, -0.25) is 9.20 Å². The summed E-state index contributed by atoms with van der Waals surface area (Å²) in [5, 5.41) is 5.53. The zero-order valence-corrected chi connectivity index (χ0v) is 13.5. The van der Waals surface area contributed by atoms with E-state index in [1.807, 2.05) is 49.4 Å². The highest BCUT2D eigenvalue weighted by Crippen LogP contribution is 2.37. The van der Waals surface area contributed by atoms with E-state index in [-0.39, 0.29) is 5.91 Å². The van der Waals surface area contributed by atoms with Crippen molar-refractivity contribution >= 4 is 50.5 Å². The second-order valence-electron chi connectivity index (χ2n) is 5.58. The van der Waals surface area contributed by atoms with Gasteiger partial charge in [0.25, 0.3) is 0 Å². The van der Waals surface area contributed by atoms with Gasteiger partial charge in [0.05, 0.1) is 22.2 Å². The molecular formula is C18H14ClN3O. The van der Waals surface area contributed by atoms with Crippen molar-refractivity contribution in [3.05, 3.63) is 53.3 Å². The first-order chi connectivity index (χ1) is 11.1. The van der Waals surface area contributed by atoms with Crippen LogP contribution in [-0.4, -0.2) is 15.3 Å². The summed E-state index contributed by atoms with van der Waals surface area (Å²) in [6.45, 7) is 3.48. The zero-order chi connectivity index (χ0) is 16.1. The van der Waals surface area contributed by atoms with Crippen LogP contribution in [0, 0.1) is 6.92 Å². The van der Waals surface area contributed by atoms with Gasteiger partial charge in [-0.1, -0.05) is 29.8 Å². The SMILES string of the molecule is CC(=O)Nc1c2ccccc2n2c(C)nc3ccc(Cl)cc3c12. The molecule has 5 heteroatoms. The van der Waals surface area contributed by atoms with E-state index in [0.717, 1.165) is 38.8 Å². The molecule has 2 aromatic carbocycles. The number of amides is 1. The third-order valence-corrected chi connectivity index (χ3v) is 4.23. The number of benzene rings is 2. The number of halogens is 1. The van der Waals surface area contributed by atoms with E-state index < -0.39 is 0 Å². The average molecular weight is 324 g/mol. The second kappa shape index (κ2) is 4.96. The molecule has 1 amide bonds. The molecule has 0 radical (unpaired) electrons. The molecule has 2 aromatic heterocycles. The number of nitrogens with one attached hydrogen (secondary N) is 1. The van der Waals surface area contributed by atoms with Crippen LogP contribution in [-0.2, 0) is 4.79 Å². The molecular weight excluding hydrogens is 310 g/mol. The Morgan fingerprint density at radius 2 is 1.96 bits per heavy atom. The van der Waals surface area contributed by atoms with Gasteiger partial charge < -0.3 is 5.32 Å². The largest absolute Gasteiger partial charge is 0.324 e. The summed E-state index contributed by atoms with van der Waals surface area (Å²) in [5.74, 6) is 0.760. The van der Waals surface area contributed by atoms with Crippen LogP contribution in [0.1, 0.15) is 12.7 Å². The Balaban J connectivity index is 2.32. The number of aromatic nitrogens is 2. The van der Waals surface area contributed by atoms with Crippen molar-refractivity contribution in [3.63, 3.8) is 0 Å². The number of para-hydroxylation sites is 1. The minimum Gasteiger partial charge on any atom is -0.324 e. The van der Waals surface area contributed by atoms with Crippen LogP contribution in [0.4, 0.5) is 5.69 Å². The summed E-state index contributed by atoms with van der Waals surface area (Å²) in [4.78, 5) is 16.4. The van der Waals surface area contributed by atoms with E-state index >= 15 is 0 Å². The molecule has 4 nitrogen and oxygen atoms in total. The predicted molar refractivity (Wildman–Crippen MR) is 94.3 cm³/mol. The Labute approximate surface area is 137 Å². The molecule has 0 atom stereocenters. The molecule has 0 fully saturated rings. The van der Waals surface area contributed by atoms with E-state index in [1.165, 1.54) is 6.92 Å². The van der Waals surface area contributed by atoms with Crippen molar-refractivity contribution in [2.24, 2.45) is 0 Å². The molecule has 0 spiro atoms. The van der Waals surface area contributed by atoms with Gasteiger partial charge in [-0.25, -0.2) is 4.98 Å². The van der Waals surface area contributed by atoms with Crippen LogP contribution in [0.2, 0.25) is 5.02 Å². The summed E-state index contributed by atoms with van der Waals surface area (Å²) < 4.78 is 2.07. The minimum absolute atomic E-state index is 0.104. The van der Waals surface area contributed by atoms with E-state index in [2.05, 4.69) is 14.7 Å². The van der Waals surface area contributed by atoms with E-state index in [9.17, 15) is 4.79 Å². The third-order valence-electron chi connectivity index (χ3n) is 4.00. The Hall–Kier alpha value is -2.59. The lowest BCUT2D eigenvalue weighted by molar-refractivity contribution is -0.114. The fourth-order valence-electron chi connectivity index (χ4n) is 3.15. The van der Waals surface area contributed by atoms with E-state index in [0.29, 0.717) is 5.02 Å². The molecule has 114 valence electrons. The van der Waals surface area contributed by atoms with Gasteiger partial charge in [0.2, 0.25) is 5.91 Å². The maximum atomic E-state index is 11.7. The lowest BCUT2D eigenvalue weighted by atomic mass is 10.1. The van der Waals surface area contributed by atoms with Crippen LogP contribution in [0.3, 0.4) is 0 Å². The highest BCUT2D eigenvalue weighted by Gasteiger charge is 2.17. The van der Waals surface area contributed by atoms with Crippen LogP contribution in [0.5, 0.6) is 0 Å². The Bertz CT molecular complexity index is 1100. The molecule has 4 aromatic rings. The Kier molecular flexibility index (Phi) is 3.03. The summed E-state index contributed by atoms with van der Waals surface area (Å²) in [5.41, 5.74) is 3.59. The van der Waals surface area contributed by atoms with Gasteiger partial charge in [0.15, 0.2) is 0 Å². The summed E-state index contributed by atoms with van der Waals surface area (Å²) in [7, 11) is 0. The van der Waals surface area contributed by atoms with Gasteiger partial charge in [0, 0.05) is 22.7 Å². The molecule has 2 heterocycles. The second-order valence-corrected chi connectivity index (χ2v) is 6.01. The number of fused-ring (bicyclic) bond motifs is 5. The summed E-state index contributed by atoms with van der Waals surface area (Å²) in [6.07, 6.45) is 0. The summed E-state index contributed by atoms with van der Waals surface area (Å²) in [6, 6.07) is 13.6. The van der Waals surface area contributed by atoms with Crippen molar-refractivity contribution in [2.45, 2.75) is 13.8 Å². The Morgan fingerprint density at radius 1 is 1.17 bits per heavy atom. The van der Waals surface area contributed by atoms with Gasteiger partial charge >= 0.3 is 0 Å². The number of hydrogen-bond donors (Lipinski definition) is 1. The normalized spacial score (nSPS) is 11.4. The van der Waals surface area contributed by atoms with Gasteiger partial charge in [-0.05, 0) is 31.2 Å². The number of carbonyl (C=O) groups is 1. The van der Waals surface area contributed by atoms with Gasteiger partial charge in [-0.15, -0.1) is 0 Å². The molecule has 0 aliphatic carbocycles. The van der Waals surface area contributed by atoms with Crippen molar-refractivity contribution in [2.75, 3.05) is 5.32 Å². The number of hydrogen-bond acceptors (Lipinski definition) is 2. The number of aryl methyl sites for hydroxylation is 1. The van der Waals surface area contributed by atoms with Gasteiger partial charge in [0.1, 0.15) is 5.82 Å². The predicted octanol–water partition coefficient (Wildman–Crippen LogP) is 4.56. The van der Waals surface area contributed by atoms with E-state index in [4.69, 9.17) is 11.6 Å². The monoisotopic (exact) mass is 323 g/mol. The fourth-order valence-corrected chi connectivity index (χ4v) is 3.33. The maximum Gasteiger partial charge on any atom is 0.221 e. The lowest BCUT2D eigenvalue weighted by Gasteiger charge is -2.08. The number of carbonyl (C=O) groups excluding carboxylic acids is 1. The molecule has 0 bridgehead atoms. The first-order valence-electron chi connectivity index (χ1n) is 7.33. The van der Waals surface area contributed by atoms with Crippen molar-refractivity contribution in [3.8, 4) is 0 Å². The number of rotatable bonds is 1.